The molecule has 18 heavy (non-hydrogen) atoms. The molecule has 3 nitrogen and oxygen atoms in total. The van der Waals surface area contributed by atoms with E-state index in [1.165, 1.54) is 6.07 Å². The van der Waals surface area contributed by atoms with Gasteiger partial charge >= 0.3 is 0 Å². The van der Waals surface area contributed by atoms with Crippen LogP contribution < -0.4 is 5.32 Å². The van der Waals surface area contributed by atoms with E-state index in [4.69, 9.17) is 4.74 Å². The molecule has 0 aliphatic rings. The molecule has 5 heteroatoms. The van der Waals surface area contributed by atoms with E-state index in [0.717, 1.165) is 18.6 Å². The van der Waals surface area contributed by atoms with E-state index in [0.29, 0.717) is 6.61 Å². The van der Waals surface area contributed by atoms with Gasteiger partial charge in [0.2, 0.25) is 0 Å². The molecule has 0 aromatic heterocycles. The quantitative estimate of drug-likeness (QED) is 0.787. The van der Waals surface area contributed by atoms with Crippen molar-refractivity contribution in [3.05, 3.63) is 35.4 Å². The van der Waals surface area contributed by atoms with E-state index in [1.54, 1.807) is 7.11 Å². The molecule has 0 spiro atoms. The molecule has 2 N–H and O–H groups in total. The summed E-state index contributed by atoms with van der Waals surface area (Å²) in [5.74, 6) is -1.46. The van der Waals surface area contributed by atoms with Gasteiger partial charge in [0, 0.05) is 19.7 Å². The summed E-state index contributed by atoms with van der Waals surface area (Å²) in [4.78, 5) is 0. The number of benzene rings is 1. The van der Waals surface area contributed by atoms with Gasteiger partial charge in [0.25, 0.3) is 0 Å². The predicted molar refractivity (Wildman–Crippen MR) is 65.3 cm³/mol. The van der Waals surface area contributed by atoms with E-state index >= 15 is 0 Å². The zero-order chi connectivity index (χ0) is 13.5. The minimum absolute atomic E-state index is 0.0551. The smallest absolute Gasteiger partial charge is 0.131 e. The van der Waals surface area contributed by atoms with Crippen LogP contribution in [0.1, 0.15) is 25.0 Å². The van der Waals surface area contributed by atoms with Gasteiger partial charge in [-0.15, -0.1) is 0 Å². The van der Waals surface area contributed by atoms with Gasteiger partial charge in [-0.2, -0.15) is 0 Å². The molecule has 0 heterocycles. The molecule has 2 unspecified atom stereocenters. The number of aliphatic hydroxyl groups is 1. The van der Waals surface area contributed by atoms with Gasteiger partial charge in [-0.25, -0.2) is 8.78 Å². The maximum Gasteiger partial charge on any atom is 0.131 e. The lowest BCUT2D eigenvalue weighted by Crippen LogP contribution is -2.36. The van der Waals surface area contributed by atoms with E-state index in [-0.39, 0.29) is 18.2 Å². The fourth-order valence-electron chi connectivity index (χ4n) is 1.73. The molecular formula is C13H19F2NO2. The molecule has 1 aromatic carbocycles. The first-order chi connectivity index (χ1) is 8.60. The van der Waals surface area contributed by atoms with Gasteiger partial charge in [0.1, 0.15) is 11.6 Å². The molecule has 102 valence electrons. The highest BCUT2D eigenvalue weighted by atomic mass is 19.1. The summed E-state index contributed by atoms with van der Waals surface area (Å²) in [6.07, 6.45) is -0.405. The van der Waals surface area contributed by atoms with Crippen molar-refractivity contribution in [1.82, 2.24) is 5.32 Å². The average molecular weight is 259 g/mol. The second-order valence-electron chi connectivity index (χ2n) is 4.12. The van der Waals surface area contributed by atoms with Crippen LogP contribution in [0.5, 0.6) is 0 Å². The largest absolute Gasteiger partial charge is 0.387 e. The Morgan fingerprint density at radius 3 is 2.44 bits per heavy atom. The van der Waals surface area contributed by atoms with Crippen LogP contribution in [0.4, 0.5) is 8.78 Å². The van der Waals surface area contributed by atoms with Crippen molar-refractivity contribution in [2.24, 2.45) is 0 Å². The van der Waals surface area contributed by atoms with Crippen LogP contribution in [-0.2, 0) is 4.74 Å². The Hall–Kier alpha value is -1.04. The summed E-state index contributed by atoms with van der Waals surface area (Å²) < 4.78 is 31.8. The summed E-state index contributed by atoms with van der Waals surface area (Å²) in [6, 6.07) is 3.59. The van der Waals surface area contributed by atoms with Crippen molar-refractivity contribution in [3.8, 4) is 0 Å². The molecule has 1 rings (SSSR count). The average Bonchev–Trinajstić information content (AvgIpc) is 2.34. The van der Waals surface area contributed by atoms with Crippen LogP contribution in [0.25, 0.3) is 0 Å². The number of ether oxygens (including phenoxy) is 1. The molecule has 0 aliphatic carbocycles. The maximum atomic E-state index is 13.4. The van der Waals surface area contributed by atoms with Crippen LogP contribution in [0.2, 0.25) is 0 Å². The van der Waals surface area contributed by atoms with E-state index in [1.807, 2.05) is 6.92 Å². The van der Waals surface area contributed by atoms with Gasteiger partial charge in [-0.1, -0.05) is 13.0 Å². The third-order valence-electron chi connectivity index (χ3n) is 2.79. The summed E-state index contributed by atoms with van der Waals surface area (Å²) in [6.45, 7) is 2.54. The highest BCUT2D eigenvalue weighted by Crippen LogP contribution is 2.20. The number of aliphatic hydroxyl groups excluding tert-OH is 1. The third-order valence-corrected chi connectivity index (χ3v) is 2.79. The second-order valence-corrected chi connectivity index (χ2v) is 4.12. The highest BCUT2D eigenvalue weighted by Gasteiger charge is 2.18. The lowest BCUT2D eigenvalue weighted by atomic mass is 10.1. The Labute approximate surface area is 106 Å². The molecule has 1 aromatic rings. The zero-order valence-electron chi connectivity index (χ0n) is 10.6. The number of hydrogen-bond donors (Lipinski definition) is 2. The van der Waals surface area contributed by atoms with Crippen molar-refractivity contribution < 1.29 is 18.6 Å². The van der Waals surface area contributed by atoms with Crippen LogP contribution in [-0.4, -0.2) is 31.4 Å². The molecule has 2 atom stereocenters. The maximum absolute atomic E-state index is 13.4. The van der Waals surface area contributed by atoms with Crippen LogP contribution >= 0.6 is 0 Å². The van der Waals surface area contributed by atoms with Crippen molar-refractivity contribution >= 4 is 0 Å². The minimum atomic E-state index is -1.21. The van der Waals surface area contributed by atoms with Gasteiger partial charge in [0.15, 0.2) is 0 Å². The number of hydrogen-bond acceptors (Lipinski definition) is 3. The first-order valence-electron chi connectivity index (χ1n) is 5.94. The van der Waals surface area contributed by atoms with Crippen molar-refractivity contribution in [3.63, 3.8) is 0 Å². The van der Waals surface area contributed by atoms with Crippen molar-refractivity contribution in [1.29, 1.82) is 0 Å². The Morgan fingerprint density at radius 1 is 1.33 bits per heavy atom. The summed E-state index contributed by atoms with van der Waals surface area (Å²) >= 11 is 0. The Balaban J connectivity index is 2.62. The first-order valence-corrected chi connectivity index (χ1v) is 5.94. The normalized spacial score (nSPS) is 14.5. The monoisotopic (exact) mass is 259 g/mol. The molecule has 0 aliphatic heterocycles. The van der Waals surface area contributed by atoms with E-state index < -0.39 is 17.7 Å². The fraction of sp³-hybridized carbons (Fsp3) is 0.538. The third kappa shape index (κ3) is 4.01. The number of nitrogens with one attached hydrogen (secondary N) is 1. The summed E-state index contributed by atoms with van der Waals surface area (Å²) in [5.41, 5.74) is -0.294. The lowest BCUT2D eigenvalue weighted by Gasteiger charge is -2.19. The topological polar surface area (TPSA) is 41.5 Å². The van der Waals surface area contributed by atoms with Crippen molar-refractivity contribution in [2.75, 3.05) is 20.3 Å². The van der Waals surface area contributed by atoms with Gasteiger partial charge in [-0.3, -0.25) is 0 Å². The van der Waals surface area contributed by atoms with Gasteiger partial charge in [-0.05, 0) is 18.6 Å². The lowest BCUT2D eigenvalue weighted by molar-refractivity contribution is 0.133. The molecule has 0 saturated carbocycles. The standard InChI is InChI=1S/C13H19F2NO2/c1-3-9(8-18-2)16-7-12(17)13-10(14)5-4-6-11(13)15/h4-6,9,12,16-17H,3,7-8H2,1-2H3. The van der Waals surface area contributed by atoms with Gasteiger partial charge in [0.05, 0.1) is 18.3 Å². The van der Waals surface area contributed by atoms with Crippen LogP contribution in [0, 0.1) is 11.6 Å². The molecular weight excluding hydrogens is 240 g/mol. The Morgan fingerprint density at radius 2 is 1.94 bits per heavy atom. The number of methoxy groups -OCH3 is 1. The van der Waals surface area contributed by atoms with Crippen LogP contribution in [0.15, 0.2) is 18.2 Å². The summed E-state index contributed by atoms with van der Waals surface area (Å²) in [7, 11) is 1.58. The van der Waals surface area contributed by atoms with Crippen LogP contribution in [0.3, 0.4) is 0 Å². The Bertz CT molecular complexity index is 354. The predicted octanol–water partition coefficient (Wildman–Crippen LogP) is 2.01. The second kappa shape index (κ2) is 7.41. The minimum Gasteiger partial charge on any atom is -0.387 e. The molecule has 0 saturated heterocycles. The fourth-order valence-corrected chi connectivity index (χ4v) is 1.73. The number of rotatable bonds is 7. The number of halogens is 2. The van der Waals surface area contributed by atoms with E-state index in [9.17, 15) is 13.9 Å². The molecule has 0 amide bonds. The SMILES string of the molecule is CCC(COC)NCC(O)c1c(F)cccc1F. The Kier molecular flexibility index (Phi) is 6.18. The molecule has 0 fully saturated rings. The first kappa shape index (κ1) is 15.0. The summed E-state index contributed by atoms with van der Waals surface area (Å²) in [5, 5.41) is 12.8. The molecule has 0 bridgehead atoms. The van der Waals surface area contributed by atoms with E-state index in [2.05, 4.69) is 5.32 Å². The zero-order valence-corrected chi connectivity index (χ0v) is 10.6. The van der Waals surface area contributed by atoms with Crippen molar-refractivity contribution in [2.45, 2.75) is 25.5 Å². The van der Waals surface area contributed by atoms with Gasteiger partial charge < -0.3 is 15.2 Å². The molecule has 0 radical (unpaired) electrons. The highest BCUT2D eigenvalue weighted by molar-refractivity contribution is 5.22.